The zero-order valence-electron chi connectivity index (χ0n) is 12.4. The first-order valence-corrected chi connectivity index (χ1v) is 6.93. The Hall–Kier alpha value is -3.46. The molecule has 0 bridgehead atoms. The van der Waals surface area contributed by atoms with Crippen LogP contribution in [0.15, 0.2) is 54.9 Å². The number of aromatic nitrogens is 3. The summed E-state index contributed by atoms with van der Waals surface area (Å²) in [6.45, 7) is 0. The summed E-state index contributed by atoms with van der Waals surface area (Å²) >= 11 is 0. The number of amides is 1. The van der Waals surface area contributed by atoms with Gasteiger partial charge < -0.3 is 9.88 Å². The fourth-order valence-electron chi connectivity index (χ4n) is 2.18. The molecule has 0 saturated carbocycles. The summed E-state index contributed by atoms with van der Waals surface area (Å²) < 4.78 is 1.81. The number of benzene rings is 2. The summed E-state index contributed by atoms with van der Waals surface area (Å²) in [5.41, 5.74) is 2.54. The van der Waals surface area contributed by atoms with Crippen molar-refractivity contribution in [2.45, 2.75) is 0 Å². The Bertz CT molecular complexity index is 890. The van der Waals surface area contributed by atoms with Gasteiger partial charge in [-0.05, 0) is 36.4 Å². The molecule has 0 atom stereocenters. The molecule has 0 aliphatic rings. The lowest BCUT2D eigenvalue weighted by Gasteiger charge is -2.07. The van der Waals surface area contributed by atoms with Crippen LogP contribution in [0, 0.1) is 11.3 Å². The molecule has 1 amide bonds. The zero-order valence-corrected chi connectivity index (χ0v) is 12.4. The molecule has 23 heavy (non-hydrogen) atoms. The number of nitriles is 1. The van der Waals surface area contributed by atoms with E-state index >= 15 is 0 Å². The number of anilines is 1. The molecule has 1 heterocycles. The van der Waals surface area contributed by atoms with E-state index in [0.717, 1.165) is 11.4 Å². The fourth-order valence-corrected chi connectivity index (χ4v) is 2.18. The van der Waals surface area contributed by atoms with Gasteiger partial charge in [-0.25, -0.2) is 0 Å². The van der Waals surface area contributed by atoms with Crippen LogP contribution >= 0.6 is 0 Å². The number of nitrogens with one attached hydrogen (secondary N) is 1. The van der Waals surface area contributed by atoms with E-state index in [-0.39, 0.29) is 5.91 Å². The van der Waals surface area contributed by atoms with Crippen LogP contribution in [0.25, 0.3) is 11.4 Å². The van der Waals surface area contributed by atoms with Crippen molar-refractivity contribution in [1.82, 2.24) is 14.8 Å². The molecule has 0 aliphatic carbocycles. The minimum atomic E-state index is -0.232. The molecule has 0 radical (unpaired) electrons. The highest BCUT2D eigenvalue weighted by Gasteiger charge is 2.09. The Morgan fingerprint density at radius 2 is 2.00 bits per heavy atom. The summed E-state index contributed by atoms with van der Waals surface area (Å²) in [5.74, 6) is 0.490. The first-order valence-electron chi connectivity index (χ1n) is 6.93. The van der Waals surface area contributed by atoms with Crippen molar-refractivity contribution in [2.24, 2.45) is 7.05 Å². The van der Waals surface area contributed by atoms with Gasteiger partial charge in [0.1, 0.15) is 6.33 Å². The minimum absolute atomic E-state index is 0.232. The summed E-state index contributed by atoms with van der Waals surface area (Å²) in [6, 6.07) is 15.9. The average Bonchev–Trinajstić information content (AvgIpc) is 3.01. The lowest BCUT2D eigenvalue weighted by molar-refractivity contribution is 0.102. The van der Waals surface area contributed by atoms with Crippen LogP contribution in [0.5, 0.6) is 0 Å². The van der Waals surface area contributed by atoms with Gasteiger partial charge >= 0.3 is 0 Å². The normalized spacial score (nSPS) is 10.1. The SMILES string of the molecule is Cn1cnnc1-c1cccc(NC(=O)c2ccc(C#N)cc2)c1. The molecule has 0 saturated heterocycles. The van der Waals surface area contributed by atoms with Gasteiger partial charge in [0.2, 0.25) is 0 Å². The van der Waals surface area contributed by atoms with Crippen molar-refractivity contribution in [3.8, 4) is 17.5 Å². The third-order valence-electron chi connectivity index (χ3n) is 3.37. The van der Waals surface area contributed by atoms with E-state index in [4.69, 9.17) is 5.26 Å². The second kappa shape index (κ2) is 6.12. The molecule has 0 unspecified atom stereocenters. The van der Waals surface area contributed by atoms with E-state index in [2.05, 4.69) is 15.5 Å². The van der Waals surface area contributed by atoms with Crippen molar-refractivity contribution in [2.75, 3.05) is 5.32 Å². The van der Waals surface area contributed by atoms with E-state index in [9.17, 15) is 4.79 Å². The van der Waals surface area contributed by atoms with Crippen LogP contribution in [-0.2, 0) is 7.05 Å². The second-order valence-corrected chi connectivity index (χ2v) is 4.99. The number of carbonyl (C=O) groups excluding carboxylic acids is 1. The highest BCUT2D eigenvalue weighted by Crippen LogP contribution is 2.20. The van der Waals surface area contributed by atoms with E-state index in [0.29, 0.717) is 16.8 Å². The van der Waals surface area contributed by atoms with Gasteiger partial charge in [0, 0.05) is 23.9 Å². The maximum Gasteiger partial charge on any atom is 0.255 e. The maximum atomic E-state index is 12.3. The summed E-state index contributed by atoms with van der Waals surface area (Å²) in [4.78, 5) is 12.3. The molecule has 0 spiro atoms. The zero-order chi connectivity index (χ0) is 16.2. The van der Waals surface area contributed by atoms with Crippen molar-refractivity contribution in [1.29, 1.82) is 5.26 Å². The van der Waals surface area contributed by atoms with Crippen molar-refractivity contribution >= 4 is 11.6 Å². The molecular weight excluding hydrogens is 290 g/mol. The van der Waals surface area contributed by atoms with E-state index in [1.165, 1.54) is 0 Å². The number of carbonyl (C=O) groups is 1. The van der Waals surface area contributed by atoms with Crippen molar-refractivity contribution in [3.63, 3.8) is 0 Å². The molecule has 1 aromatic heterocycles. The number of hydrogen-bond acceptors (Lipinski definition) is 4. The Morgan fingerprint density at radius 1 is 1.22 bits per heavy atom. The predicted octanol–water partition coefficient (Wildman–Crippen LogP) is 2.61. The quantitative estimate of drug-likeness (QED) is 0.806. The largest absolute Gasteiger partial charge is 0.322 e. The predicted molar refractivity (Wildman–Crippen MR) is 85.5 cm³/mol. The fraction of sp³-hybridized carbons (Fsp3) is 0.0588. The lowest BCUT2D eigenvalue weighted by Crippen LogP contribution is -2.11. The third kappa shape index (κ3) is 3.09. The number of aryl methyl sites for hydroxylation is 1. The Labute approximate surface area is 133 Å². The van der Waals surface area contributed by atoms with Gasteiger partial charge in [0.25, 0.3) is 5.91 Å². The third-order valence-corrected chi connectivity index (χ3v) is 3.37. The first kappa shape index (κ1) is 14.5. The lowest BCUT2D eigenvalue weighted by atomic mass is 10.1. The van der Waals surface area contributed by atoms with Crippen LogP contribution in [0.4, 0.5) is 5.69 Å². The maximum absolute atomic E-state index is 12.3. The average molecular weight is 303 g/mol. The summed E-state index contributed by atoms with van der Waals surface area (Å²) in [7, 11) is 1.86. The highest BCUT2D eigenvalue weighted by atomic mass is 16.1. The Kier molecular flexibility index (Phi) is 3.85. The molecule has 2 aromatic carbocycles. The topological polar surface area (TPSA) is 83.6 Å². The Morgan fingerprint density at radius 3 is 2.65 bits per heavy atom. The molecule has 6 heteroatoms. The van der Waals surface area contributed by atoms with Crippen LogP contribution in [0.2, 0.25) is 0 Å². The molecule has 3 aromatic rings. The monoisotopic (exact) mass is 303 g/mol. The summed E-state index contributed by atoms with van der Waals surface area (Å²) in [6.07, 6.45) is 1.62. The second-order valence-electron chi connectivity index (χ2n) is 4.99. The minimum Gasteiger partial charge on any atom is -0.322 e. The van der Waals surface area contributed by atoms with Crippen LogP contribution in [0.3, 0.4) is 0 Å². The van der Waals surface area contributed by atoms with Crippen molar-refractivity contribution < 1.29 is 4.79 Å². The van der Waals surface area contributed by atoms with Gasteiger partial charge in [-0.3, -0.25) is 4.79 Å². The molecule has 0 fully saturated rings. The summed E-state index contributed by atoms with van der Waals surface area (Å²) in [5, 5.41) is 19.5. The standard InChI is InChI=1S/C17H13N5O/c1-22-11-19-21-16(22)14-3-2-4-15(9-14)20-17(23)13-7-5-12(10-18)6-8-13/h2-9,11H,1H3,(H,20,23). The number of nitrogens with zero attached hydrogens (tertiary/aromatic N) is 4. The molecule has 112 valence electrons. The van der Waals surface area contributed by atoms with Crippen LogP contribution in [-0.4, -0.2) is 20.7 Å². The van der Waals surface area contributed by atoms with Gasteiger partial charge in [0.15, 0.2) is 5.82 Å². The number of rotatable bonds is 3. The van der Waals surface area contributed by atoms with Crippen molar-refractivity contribution in [3.05, 3.63) is 66.0 Å². The molecule has 0 aliphatic heterocycles. The van der Waals surface area contributed by atoms with E-state index in [1.807, 2.05) is 35.9 Å². The van der Waals surface area contributed by atoms with Crippen LogP contribution in [0.1, 0.15) is 15.9 Å². The highest BCUT2D eigenvalue weighted by molar-refractivity contribution is 6.04. The van der Waals surface area contributed by atoms with E-state index in [1.54, 1.807) is 36.7 Å². The molecular formula is C17H13N5O. The van der Waals surface area contributed by atoms with E-state index < -0.39 is 0 Å². The molecule has 6 nitrogen and oxygen atoms in total. The van der Waals surface area contributed by atoms with Gasteiger partial charge in [-0.2, -0.15) is 5.26 Å². The smallest absolute Gasteiger partial charge is 0.255 e. The molecule has 3 rings (SSSR count). The van der Waals surface area contributed by atoms with Gasteiger partial charge in [-0.15, -0.1) is 10.2 Å². The van der Waals surface area contributed by atoms with Gasteiger partial charge in [-0.1, -0.05) is 12.1 Å². The Balaban J connectivity index is 1.81. The van der Waals surface area contributed by atoms with Crippen LogP contribution < -0.4 is 5.32 Å². The first-order chi connectivity index (χ1) is 11.2. The van der Waals surface area contributed by atoms with Gasteiger partial charge in [0.05, 0.1) is 11.6 Å². The number of hydrogen-bond donors (Lipinski definition) is 1. The molecule has 1 N–H and O–H groups in total.